The van der Waals surface area contributed by atoms with Crippen molar-refractivity contribution in [2.45, 2.75) is 17.7 Å². The number of rotatable bonds is 7. The van der Waals surface area contributed by atoms with E-state index in [1.54, 1.807) is 18.9 Å². The number of carbonyl (C=O) groups excluding carboxylic acids is 1. The first-order chi connectivity index (χ1) is 12.7. The standard InChI is InChI=1S/C19H19N3O3S/c1-24-14-9-7-13(8-10-14)19-21-18(25-22-19)12-11-17(23)20-15-5-3-4-6-16(15)26-2/h3-10H,11-12H2,1-2H3,(H,20,23). The summed E-state index contributed by atoms with van der Waals surface area (Å²) in [6, 6.07) is 15.1. The predicted octanol–water partition coefficient (Wildman–Crippen LogP) is 4.04. The van der Waals surface area contributed by atoms with Crippen LogP contribution in [-0.2, 0) is 11.2 Å². The fraction of sp³-hybridized carbons (Fsp3) is 0.211. The topological polar surface area (TPSA) is 77.2 Å². The SMILES string of the molecule is COc1ccc(-c2noc(CCC(=O)Nc3ccccc3SC)n2)cc1. The summed E-state index contributed by atoms with van der Waals surface area (Å²) in [5.74, 6) is 1.61. The van der Waals surface area contributed by atoms with E-state index < -0.39 is 0 Å². The molecule has 0 fully saturated rings. The summed E-state index contributed by atoms with van der Waals surface area (Å²) in [7, 11) is 1.62. The van der Waals surface area contributed by atoms with E-state index in [0.717, 1.165) is 21.9 Å². The zero-order valence-corrected chi connectivity index (χ0v) is 15.4. The zero-order chi connectivity index (χ0) is 18.4. The Morgan fingerprint density at radius 2 is 1.96 bits per heavy atom. The van der Waals surface area contributed by atoms with E-state index in [-0.39, 0.29) is 12.3 Å². The molecule has 0 saturated heterocycles. The normalized spacial score (nSPS) is 10.5. The van der Waals surface area contributed by atoms with Gasteiger partial charge in [-0.1, -0.05) is 17.3 Å². The molecule has 0 aliphatic carbocycles. The number of aryl methyl sites for hydroxylation is 1. The summed E-state index contributed by atoms with van der Waals surface area (Å²) in [5.41, 5.74) is 1.65. The predicted molar refractivity (Wildman–Crippen MR) is 101 cm³/mol. The highest BCUT2D eigenvalue weighted by atomic mass is 32.2. The molecule has 0 unspecified atom stereocenters. The summed E-state index contributed by atoms with van der Waals surface area (Å²) < 4.78 is 10.4. The van der Waals surface area contributed by atoms with Crippen LogP contribution in [0.1, 0.15) is 12.3 Å². The van der Waals surface area contributed by atoms with Crippen molar-refractivity contribution in [1.29, 1.82) is 0 Å². The lowest BCUT2D eigenvalue weighted by molar-refractivity contribution is -0.116. The molecule has 1 aromatic heterocycles. The quantitative estimate of drug-likeness (QED) is 0.634. The number of methoxy groups -OCH3 is 1. The molecule has 0 saturated carbocycles. The Bertz CT molecular complexity index is 878. The fourth-order valence-corrected chi connectivity index (χ4v) is 2.95. The van der Waals surface area contributed by atoms with Crippen molar-refractivity contribution in [3.05, 3.63) is 54.4 Å². The Morgan fingerprint density at radius 1 is 1.19 bits per heavy atom. The highest BCUT2D eigenvalue weighted by Gasteiger charge is 2.12. The first kappa shape index (κ1) is 18.0. The number of carbonyl (C=O) groups is 1. The number of benzene rings is 2. The van der Waals surface area contributed by atoms with Crippen LogP contribution in [-0.4, -0.2) is 29.4 Å². The van der Waals surface area contributed by atoms with Gasteiger partial charge in [0.1, 0.15) is 5.75 Å². The Hall–Kier alpha value is -2.80. The number of anilines is 1. The number of amides is 1. The van der Waals surface area contributed by atoms with E-state index in [4.69, 9.17) is 9.26 Å². The van der Waals surface area contributed by atoms with Crippen LogP contribution in [0.25, 0.3) is 11.4 Å². The maximum Gasteiger partial charge on any atom is 0.227 e. The van der Waals surface area contributed by atoms with Gasteiger partial charge in [-0.3, -0.25) is 4.79 Å². The van der Waals surface area contributed by atoms with Crippen molar-refractivity contribution in [2.24, 2.45) is 0 Å². The van der Waals surface area contributed by atoms with Crippen LogP contribution >= 0.6 is 11.8 Å². The second-order valence-electron chi connectivity index (χ2n) is 5.49. The largest absolute Gasteiger partial charge is 0.497 e. The average molecular weight is 369 g/mol. The lowest BCUT2D eigenvalue weighted by atomic mass is 10.2. The van der Waals surface area contributed by atoms with Crippen molar-refractivity contribution in [3.8, 4) is 17.1 Å². The molecule has 1 amide bonds. The molecule has 0 aliphatic heterocycles. The van der Waals surface area contributed by atoms with Gasteiger partial charge in [-0.05, 0) is 42.7 Å². The zero-order valence-electron chi connectivity index (χ0n) is 14.6. The van der Waals surface area contributed by atoms with E-state index in [1.807, 2.05) is 54.8 Å². The highest BCUT2D eigenvalue weighted by Crippen LogP contribution is 2.25. The van der Waals surface area contributed by atoms with Gasteiger partial charge in [0.25, 0.3) is 0 Å². The van der Waals surface area contributed by atoms with E-state index in [2.05, 4.69) is 15.5 Å². The van der Waals surface area contributed by atoms with Crippen LogP contribution < -0.4 is 10.1 Å². The number of thioether (sulfide) groups is 1. The van der Waals surface area contributed by atoms with Gasteiger partial charge in [0.2, 0.25) is 17.6 Å². The van der Waals surface area contributed by atoms with Crippen molar-refractivity contribution in [3.63, 3.8) is 0 Å². The highest BCUT2D eigenvalue weighted by molar-refractivity contribution is 7.98. The van der Waals surface area contributed by atoms with Gasteiger partial charge >= 0.3 is 0 Å². The molecular weight excluding hydrogens is 350 g/mol. The summed E-state index contributed by atoms with van der Waals surface area (Å²) in [6.45, 7) is 0. The molecule has 0 atom stereocenters. The first-order valence-electron chi connectivity index (χ1n) is 8.09. The van der Waals surface area contributed by atoms with Gasteiger partial charge in [0.15, 0.2) is 0 Å². The van der Waals surface area contributed by atoms with Crippen LogP contribution in [0.15, 0.2) is 57.9 Å². The maximum absolute atomic E-state index is 12.2. The fourth-order valence-electron chi connectivity index (χ4n) is 2.39. The van der Waals surface area contributed by atoms with Crippen LogP contribution in [0.3, 0.4) is 0 Å². The number of nitrogens with one attached hydrogen (secondary N) is 1. The lowest BCUT2D eigenvalue weighted by Gasteiger charge is -2.08. The van der Waals surface area contributed by atoms with Gasteiger partial charge in [-0.2, -0.15) is 4.98 Å². The molecule has 3 aromatic rings. The molecule has 134 valence electrons. The molecule has 0 aliphatic rings. The smallest absolute Gasteiger partial charge is 0.227 e. The molecule has 0 spiro atoms. The van der Waals surface area contributed by atoms with Crippen LogP contribution in [0.5, 0.6) is 5.75 Å². The van der Waals surface area contributed by atoms with Gasteiger partial charge in [0, 0.05) is 23.3 Å². The monoisotopic (exact) mass is 369 g/mol. The Labute approximate surface area is 156 Å². The number of hydrogen-bond donors (Lipinski definition) is 1. The number of nitrogens with zero attached hydrogens (tertiary/aromatic N) is 2. The number of aromatic nitrogens is 2. The second-order valence-corrected chi connectivity index (χ2v) is 6.34. The minimum atomic E-state index is -0.0873. The molecular formula is C19H19N3O3S. The molecule has 1 heterocycles. The second kappa shape index (κ2) is 8.53. The number of hydrogen-bond acceptors (Lipinski definition) is 6. The van der Waals surface area contributed by atoms with Gasteiger partial charge in [0.05, 0.1) is 12.8 Å². The van der Waals surface area contributed by atoms with E-state index in [9.17, 15) is 4.79 Å². The van der Waals surface area contributed by atoms with Crippen molar-refractivity contribution in [2.75, 3.05) is 18.7 Å². The van der Waals surface area contributed by atoms with E-state index >= 15 is 0 Å². The van der Waals surface area contributed by atoms with Crippen molar-refractivity contribution < 1.29 is 14.1 Å². The van der Waals surface area contributed by atoms with Crippen molar-refractivity contribution >= 4 is 23.4 Å². The summed E-state index contributed by atoms with van der Waals surface area (Å²) in [4.78, 5) is 17.6. The molecule has 7 heteroatoms. The minimum Gasteiger partial charge on any atom is -0.497 e. The third kappa shape index (κ3) is 4.43. The van der Waals surface area contributed by atoms with E-state index in [0.29, 0.717) is 18.1 Å². The average Bonchev–Trinajstić information content (AvgIpc) is 3.16. The lowest BCUT2D eigenvalue weighted by Crippen LogP contribution is -2.13. The third-order valence-electron chi connectivity index (χ3n) is 3.76. The molecule has 2 aromatic carbocycles. The van der Waals surface area contributed by atoms with Gasteiger partial charge < -0.3 is 14.6 Å². The first-order valence-corrected chi connectivity index (χ1v) is 9.32. The van der Waals surface area contributed by atoms with Gasteiger partial charge in [-0.25, -0.2) is 0 Å². The number of ether oxygens (including phenoxy) is 1. The van der Waals surface area contributed by atoms with E-state index in [1.165, 1.54) is 0 Å². The molecule has 3 rings (SSSR count). The Morgan fingerprint density at radius 3 is 2.69 bits per heavy atom. The summed E-state index contributed by atoms with van der Waals surface area (Å²) in [5, 5.41) is 6.89. The maximum atomic E-state index is 12.2. The van der Waals surface area contributed by atoms with Crippen LogP contribution in [0.4, 0.5) is 5.69 Å². The summed E-state index contributed by atoms with van der Waals surface area (Å²) >= 11 is 1.59. The van der Waals surface area contributed by atoms with Crippen molar-refractivity contribution in [1.82, 2.24) is 10.1 Å². The molecule has 1 N–H and O–H groups in total. The molecule has 0 radical (unpaired) electrons. The van der Waals surface area contributed by atoms with Crippen LogP contribution in [0.2, 0.25) is 0 Å². The Balaban J connectivity index is 1.58. The Kier molecular flexibility index (Phi) is 5.91. The third-order valence-corrected chi connectivity index (χ3v) is 4.56. The molecule has 6 nitrogen and oxygen atoms in total. The number of para-hydroxylation sites is 1. The molecule has 26 heavy (non-hydrogen) atoms. The molecule has 0 bridgehead atoms. The minimum absolute atomic E-state index is 0.0873. The van der Waals surface area contributed by atoms with Gasteiger partial charge in [-0.15, -0.1) is 11.8 Å². The van der Waals surface area contributed by atoms with Crippen LogP contribution in [0, 0.1) is 0 Å². The summed E-state index contributed by atoms with van der Waals surface area (Å²) in [6.07, 6.45) is 2.63.